The van der Waals surface area contributed by atoms with E-state index in [2.05, 4.69) is 0 Å². The summed E-state index contributed by atoms with van der Waals surface area (Å²) < 4.78 is 23.4. The molecule has 2 bridgehead atoms. The van der Waals surface area contributed by atoms with Crippen molar-refractivity contribution in [1.29, 1.82) is 0 Å². The third-order valence-corrected chi connectivity index (χ3v) is 8.65. The Bertz CT molecular complexity index is 544. The van der Waals surface area contributed by atoms with Gasteiger partial charge in [0.25, 0.3) is 0 Å². The number of hydrogen-bond donors (Lipinski definition) is 1. The fourth-order valence-corrected chi connectivity index (χ4v) is 5.95. The van der Waals surface area contributed by atoms with Crippen LogP contribution in [0.25, 0.3) is 0 Å². The van der Waals surface area contributed by atoms with Crippen LogP contribution in [0, 0.1) is 17.8 Å². The van der Waals surface area contributed by atoms with Crippen LogP contribution in [0.4, 0.5) is 0 Å². The van der Waals surface area contributed by atoms with Crippen molar-refractivity contribution in [1.82, 2.24) is 4.90 Å². The molecule has 0 aromatic rings. The number of fused-ring (bicyclic) bond motifs is 2. The van der Waals surface area contributed by atoms with Crippen LogP contribution in [0.1, 0.15) is 46.0 Å². The minimum atomic E-state index is -3.10. The fraction of sp³-hybridized carbons (Fsp3) is 0.938. The van der Waals surface area contributed by atoms with Gasteiger partial charge in [0.1, 0.15) is 0 Å². The molecule has 0 spiro atoms. The number of nitrogens with zero attached hydrogens (tertiary/aromatic N) is 1. The molecule has 1 amide bonds. The normalized spacial score (nSPS) is 40.2. The summed E-state index contributed by atoms with van der Waals surface area (Å²) in [6.45, 7) is 4.13. The molecule has 6 heteroatoms. The maximum absolute atomic E-state index is 12.9. The van der Waals surface area contributed by atoms with Crippen LogP contribution in [0.5, 0.6) is 0 Å². The molecule has 1 saturated heterocycles. The van der Waals surface area contributed by atoms with Crippen molar-refractivity contribution in [3.8, 4) is 0 Å². The quantitative estimate of drug-likeness (QED) is 0.783. The van der Waals surface area contributed by atoms with Crippen LogP contribution in [-0.4, -0.2) is 48.9 Å². The maximum Gasteiger partial charge on any atom is 0.225 e. The van der Waals surface area contributed by atoms with Crippen molar-refractivity contribution >= 4 is 15.7 Å². The molecule has 1 aliphatic heterocycles. The van der Waals surface area contributed by atoms with Crippen LogP contribution in [0.3, 0.4) is 0 Å². The van der Waals surface area contributed by atoms with Gasteiger partial charge in [-0.15, -0.1) is 0 Å². The van der Waals surface area contributed by atoms with E-state index in [9.17, 15) is 13.2 Å². The van der Waals surface area contributed by atoms with Crippen molar-refractivity contribution in [2.75, 3.05) is 18.8 Å². The maximum atomic E-state index is 12.9. The van der Waals surface area contributed by atoms with Gasteiger partial charge in [-0.3, -0.25) is 4.79 Å². The zero-order valence-electron chi connectivity index (χ0n) is 13.6. The van der Waals surface area contributed by atoms with E-state index >= 15 is 0 Å². The molecule has 22 heavy (non-hydrogen) atoms. The monoisotopic (exact) mass is 328 g/mol. The predicted molar refractivity (Wildman–Crippen MR) is 86.0 cm³/mol. The molecule has 2 unspecified atom stereocenters. The third kappa shape index (κ3) is 2.68. The van der Waals surface area contributed by atoms with E-state index in [1.54, 1.807) is 18.7 Å². The molecule has 3 aliphatic rings. The number of sulfone groups is 1. The molecule has 2 atom stereocenters. The van der Waals surface area contributed by atoms with E-state index in [1.165, 1.54) is 6.42 Å². The molecule has 126 valence electrons. The average molecular weight is 328 g/mol. The Kier molecular flexibility index (Phi) is 4.05. The number of hydrogen-bond acceptors (Lipinski definition) is 4. The Morgan fingerprint density at radius 1 is 1.18 bits per heavy atom. The number of carbonyl (C=O) groups is 1. The molecule has 0 radical (unpaired) electrons. The minimum Gasteiger partial charge on any atom is -0.340 e. The van der Waals surface area contributed by atoms with Gasteiger partial charge >= 0.3 is 0 Å². The van der Waals surface area contributed by atoms with Gasteiger partial charge in [0.2, 0.25) is 5.91 Å². The minimum absolute atomic E-state index is 0.0479. The highest BCUT2D eigenvalue weighted by atomic mass is 32.2. The number of amides is 1. The van der Waals surface area contributed by atoms with Crippen molar-refractivity contribution in [3.05, 3.63) is 0 Å². The van der Waals surface area contributed by atoms with Crippen molar-refractivity contribution in [2.24, 2.45) is 23.5 Å². The molecule has 5 nitrogen and oxygen atoms in total. The largest absolute Gasteiger partial charge is 0.340 e. The first-order valence-corrected chi connectivity index (χ1v) is 10.1. The van der Waals surface area contributed by atoms with Gasteiger partial charge in [-0.2, -0.15) is 0 Å². The van der Waals surface area contributed by atoms with Gasteiger partial charge < -0.3 is 10.6 Å². The summed E-state index contributed by atoms with van der Waals surface area (Å²) in [4.78, 5) is 14.7. The Morgan fingerprint density at radius 3 is 2.32 bits per heavy atom. The lowest BCUT2D eigenvalue weighted by molar-refractivity contribution is -0.139. The lowest BCUT2D eigenvalue weighted by Crippen LogP contribution is -2.57. The highest BCUT2D eigenvalue weighted by molar-refractivity contribution is 7.92. The van der Waals surface area contributed by atoms with Crippen LogP contribution in [0.2, 0.25) is 0 Å². The molecule has 3 fully saturated rings. The average Bonchev–Trinajstić information content (AvgIpc) is 2.41. The number of carbonyl (C=O) groups excluding carboxylic acids is 1. The molecule has 0 aromatic heterocycles. The Morgan fingerprint density at radius 2 is 1.77 bits per heavy atom. The molecule has 2 N–H and O–H groups in total. The summed E-state index contributed by atoms with van der Waals surface area (Å²) >= 11 is 0. The topological polar surface area (TPSA) is 80.5 Å². The SMILES string of the molecule is CC1(C)CN(C(=O)C2CC3CCCC(C2)C3N)CCS1(=O)=O. The molecule has 2 aliphatic carbocycles. The van der Waals surface area contributed by atoms with Gasteiger partial charge in [-0.25, -0.2) is 8.42 Å². The lowest BCUT2D eigenvalue weighted by Gasteiger charge is -2.46. The van der Waals surface area contributed by atoms with E-state index in [4.69, 9.17) is 5.73 Å². The van der Waals surface area contributed by atoms with Crippen molar-refractivity contribution < 1.29 is 13.2 Å². The smallest absolute Gasteiger partial charge is 0.225 e. The zero-order valence-corrected chi connectivity index (χ0v) is 14.4. The Balaban J connectivity index is 1.70. The first-order valence-electron chi connectivity index (χ1n) is 8.48. The second kappa shape index (κ2) is 5.48. The molecule has 3 rings (SSSR count). The van der Waals surface area contributed by atoms with Gasteiger partial charge in [0, 0.05) is 25.0 Å². The van der Waals surface area contributed by atoms with E-state index in [1.807, 2.05) is 0 Å². The van der Waals surface area contributed by atoms with Gasteiger partial charge in [0.15, 0.2) is 9.84 Å². The van der Waals surface area contributed by atoms with E-state index < -0.39 is 14.6 Å². The summed E-state index contributed by atoms with van der Waals surface area (Å²) in [7, 11) is -3.10. The molecule has 0 aromatic carbocycles. The highest BCUT2D eigenvalue weighted by Crippen LogP contribution is 2.42. The van der Waals surface area contributed by atoms with Crippen LogP contribution < -0.4 is 5.73 Å². The van der Waals surface area contributed by atoms with Crippen LogP contribution >= 0.6 is 0 Å². The van der Waals surface area contributed by atoms with Gasteiger partial charge in [-0.1, -0.05) is 6.42 Å². The summed E-state index contributed by atoms with van der Waals surface area (Å²) in [6.07, 6.45) is 5.29. The fourth-order valence-electron chi connectivity index (χ4n) is 4.58. The number of nitrogens with two attached hydrogens (primary N) is 1. The molecular formula is C16H28N2O3S. The highest BCUT2D eigenvalue weighted by Gasteiger charge is 2.45. The first kappa shape index (κ1) is 16.2. The molecule has 2 saturated carbocycles. The van der Waals surface area contributed by atoms with E-state index in [0.29, 0.717) is 24.9 Å². The van der Waals surface area contributed by atoms with E-state index in [-0.39, 0.29) is 23.6 Å². The summed E-state index contributed by atoms with van der Waals surface area (Å²) in [6, 6.07) is 0.260. The number of rotatable bonds is 1. The molecule has 1 heterocycles. The Hall–Kier alpha value is -0.620. The van der Waals surface area contributed by atoms with E-state index in [0.717, 1.165) is 25.7 Å². The third-order valence-electron chi connectivity index (χ3n) is 6.12. The lowest BCUT2D eigenvalue weighted by atomic mass is 9.65. The van der Waals surface area contributed by atoms with Crippen LogP contribution in [-0.2, 0) is 14.6 Å². The second-order valence-corrected chi connectivity index (χ2v) is 10.8. The standard InChI is InChI=1S/C16H28N2O3S/c1-16(2)10-18(6-7-22(16,20)21)15(19)13-8-11-4-3-5-12(9-13)14(11)17/h11-14H,3-10,17H2,1-2H3. The predicted octanol–water partition coefficient (Wildman–Crippen LogP) is 1.18. The zero-order chi connectivity index (χ0) is 16.1. The van der Waals surface area contributed by atoms with Crippen molar-refractivity contribution in [3.63, 3.8) is 0 Å². The summed E-state index contributed by atoms with van der Waals surface area (Å²) in [5, 5.41) is 0. The van der Waals surface area contributed by atoms with Gasteiger partial charge in [-0.05, 0) is 51.4 Å². The van der Waals surface area contributed by atoms with Crippen molar-refractivity contribution in [2.45, 2.75) is 56.7 Å². The molecular weight excluding hydrogens is 300 g/mol. The van der Waals surface area contributed by atoms with Gasteiger partial charge in [0.05, 0.1) is 10.5 Å². The second-order valence-electron chi connectivity index (χ2n) is 8.04. The summed E-state index contributed by atoms with van der Waals surface area (Å²) in [5.74, 6) is 1.25. The summed E-state index contributed by atoms with van der Waals surface area (Å²) in [5.41, 5.74) is 6.30. The Labute approximate surface area is 133 Å². The van der Waals surface area contributed by atoms with Crippen LogP contribution in [0.15, 0.2) is 0 Å². The first-order chi connectivity index (χ1) is 10.2.